The van der Waals surface area contributed by atoms with Crippen LogP contribution in [-0.2, 0) is 4.74 Å². The summed E-state index contributed by atoms with van der Waals surface area (Å²) in [6.07, 6.45) is 0. The summed E-state index contributed by atoms with van der Waals surface area (Å²) in [5.74, 6) is -0.561. The van der Waals surface area contributed by atoms with Crippen LogP contribution in [0.1, 0.15) is 10.4 Å². The van der Waals surface area contributed by atoms with Gasteiger partial charge in [-0.2, -0.15) is 0 Å². The van der Waals surface area contributed by atoms with Gasteiger partial charge in [0.1, 0.15) is 6.51 Å². The minimum absolute atomic E-state index is 0.392. The van der Waals surface area contributed by atoms with Crippen molar-refractivity contribution in [1.29, 1.82) is 0 Å². The molecule has 13 heavy (non-hydrogen) atoms. The Morgan fingerprint density at radius 1 is 1.31 bits per heavy atom. The zero-order valence-electron chi connectivity index (χ0n) is 6.88. The monoisotopic (exact) mass is 180 g/mol. The number of hydrogen-bond donors (Lipinski definition) is 2. The molecule has 68 valence electrons. The maximum atomic E-state index is 11.1. The third kappa shape index (κ3) is 3.27. The van der Waals surface area contributed by atoms with E-state index in [-0.39, 0.29) is 0 Å². The molecule has 4 nitrogen and oxygen atoms in total. The van der Waals surface area contributed by atoms with Crippen molar-refractivity contribution >= 4 is 13.1 Å². The molecule has 0 aliphatic carbocycles. The Labute approximate surface area is 75.9 Å². The summed E-state index contributed by atoms with van der Waals surface area (Å²) >= 11 is 0. The van der Waals surface area contributed by atoms with Crippen molar-refractivity contribution in [2.75, 3.05) is 6.51 Å². The fourth-order valence-corrected chi connectivity index (χ4v) is 0.808. The summed E-state index contributed by atoms with van der Waals surface area (Å²) in [5.41, 5.74) is 0.392. The standard InChI is InChI=1S/C8H9BO4/c10-8(13-6-9(11)12)7-4-2-1-3-5-7/h1-5,11-12H,6H2. The van der Waals surface area contributed by atoms with Crippen LogP contribution < -0.4 is 0 Å². The minimum Gasteiger partial charge on any atom is -0.465 e. The summed E-state index contributed by atoms with van der Waals surface area (Å²) in [4.78, 5) is 11.1. The molecule has 5 heteroatoms. The van der Waals surface area contributed by atoms with Crippen molar-refractivity contribution < 1.29 is 19.6 Å². The third-order valence-electron chi connectivity index (χ3n) is 1.37. The highest BCUT2D eigenvalue weighted by Crippen LogP contribution is 2.00. The Hall–Kier alpha value is -1.33. The van der Waals surface area contributed by atoms with E-state index in [1.807, 2.05) is 0 Å². The third-order valence-corrected chi connectivity index (χ3v) is 1.37. The van der Waals surface area contributed by atoms with E-state index in [4.69, 9.17) is 10.0 Å². The Kier molecular flexibility index (Phi) is 3.48. The van der Waals surface area contributed by atoms with E-state index >= 15 is 0 Å². The van der Waals surface area contributed by atoms with E-state index in [0.29, 0.717) is 5.56 Å². The van der Waals surface area contributed by atoms with Crippen molar-refractivity contribution in [3.05, 3.63) is 35.9 Å². The average Bonchev–Trinajstić information content (AvgIpc) is 2.15. The molecule has 0 fully saturated rings. The van der Waals surface area contributed by atoms with Crippen LogP contribution in [0.4, 0.5) is 0 Å². The smallest absolute Gasteiger partial charge is 0.465 e. The van der Waals surface area contributed by atoms with Gasteiger partial charge in [-0.25, -0.2) is 4.79 Å². The van der Waals surface area contributed by atoms with E-state index in [9.17, 15) is 4.79 Å². The predicted molar refractivity (Wildman–Crippen MR) is 46.9 cm³/mol. The highest BCUT2D eigenvalue weighted by Gasteiger charge is 2.12. The van der Waals surface area contributed by atoms with Gasteiger partial charge in [0, 0.05) is 0 Å². The fraction of sp³-hybridized carbons (Fsp3) is 0.125. The molecule has 0 radical (unpaired) electrons. The van der Waals surface area contributed by atoms with Crippen molar-refractivity contribution in [2.24, 2.45) is 0 Å². The lowest BCUT2D eigenvalue weighted by atomic mass is 9.95. The van der Waals surface area contributed by atoms with Crippen molar-refractivity contribution in [1.82, 2.24) is 0 Å². The maximum Gasteiger partial charge on any atom is 0.492 e. The SMILES string of the molecule is O=C(OCB(O)O)c1ccccc1. The van der Waals surface area contributed by atoms with Gasteiger partial charge >= 0.3 is 13.1 Å². The van der Waals surface area contributed by atoms with Crippen molar-refractivity contribution in [3.8, 4) is 0 Å². The number of esters is 1. The Morgan fingerprint density at radius 3 is 2.46 bits per heavy atom. The summed E-state index contributed by atoms with van der Waals surface area (Å²) in [5, 5.41) is 16.9. The second-order valence-corrected chi connectivity index (χ2v) is 2.45. The number of carbonyl (C=O) groups excluding carboxylic acids is 1. The lowest BCUT2D eigenvalue weighted by Crippen LogP contribution is -2.22. The quantitative estimate of drug-likeness (QED) is 0.501. The topological polar surface area (TPSA) is 66.8 Å². The number of ether oxygens (including phenoxy) is 1. The van der Waals surface area contributed by atoms with Crippen LogP contribution in [0.15, 0.2) is 30.3 Å². The first-order chi connectivity index (χ1) is 6.20. The number of hydrogen-bond acceptors (Lipinski definition) is 4. The predicted octanol–water partition coefficient (Wildman–Crippen LogP) is -0.145. The van der Waals surface area contributed by atoms with Gasteiger partial charge in [0.25, 0.3) is 0 Å². The number of carbonyl (C=O) groups is 1. The minimum atomic E-state index is -1.62. The molecule has 0 amide bonds. The molecule has 0 aromatic heterocycles. The van der Waals surface area contributed by atoms with Crippen LogP contribution in [0, 0.1) is 0 Å². The molecular formula is C8H9BO4. The second kappa shape index (κ2) is 4.64. The Bertz CT molecular complexity index is 273. The molecule has 0 aliphatic heterocycles. The lowest BCUT2D eigenvalue weighted by molar-refractivity contribution is 0.0543. The molecule has 1 aromatic rings. The Morgan fingerprint density at radius 2 is 1.92 bits per heavy atom. The molecule has 2 N–H and O–H groups in total. The molecule has 0 saturated heterocycles. The van der Waals surface area contributed by atoms with Gasteiger partial charge in [-0.15, -0.1) is 0 Å². The van der Waals surface area contributed by atoms with E-state index in [1.165, 1.54) is 0 Å². The van der Waals surface area contributed by atoms with Crippen LogP contribution >= 0.6 is 0 Å². The molecule has 0 aliphatic rings. The van der Waals surface area contributed by atoms with Crippen LogP contribution in [0.3, 0.4) is 0 Å². The molecule has 1 aromatic carbocycles. The fourth-order valence-electron chi connectivity index (χ4n) is 0.808. The Balaban J connectivity index is 2.50. The van der Waals surface area contributed by atoms with Crippen LogP contribution in [0.25, 0.3) is 0 Å². The highest BCUT2D eigenvalue weighted by molar-refractivity contribution is 6.41. The molecule has 0 heterocycles. The van der Waals surface area contributed by atoms with E-state index in [0.717, 1.165) is 0 Å². The summed E-state index contributed by atoms with van der Waals surface area (Å²) < 4.78 is 4.55. The van der Waals surface area contributed by atoms with Gasteiger partial charge < -0.3 is 14.8 Å². The van der Waals surface area contributed by atoms with Crippen LogP contribution in [-0.4, -0.2) is 29.6 Å². The number of benzene rings is 1. The molecule has 0 spiro atoms. The van der Waals surface area contributed by atoms with Crippen molar-refractivity contribution in [2.45, 2.75) is 0 Å². The highest BCUT2D eigenvalue weighted by atomic mass is 16.5. The van der Waals surface area contributed by atoms with Gasteiger partial charge in [0.05, 0.1) is 5.56 Å². The van der Waals surface area contributed by atoms with Gasteiger partial charge in [-0.3, -0.25) is 0 Å². The second-order valence-electron chi connectivity index (χ2n) is 2.45. The molecule has 1 rings (SSSR count). The molecular weight excluding hydrogens is 171 g/mol. The molecule has 0 saturated carbocycles. The lowest BCUT2D eigenvalue weighted by Gasteiger charge is -2.02. The summed E-state index contributed by atoms with van der Waals surface area (Å²) in [7, 11) is -1.62. The van der Waals surface area contributed by atoms with Crippen LogP contribution in [0.2, 0.25) is 0 Å². The van der Waals surface area contributed by atoms with Gasteiger partial charge in [0.15, 0.2) is 0 Å². The zero-order chi connectivity index (χ0) is 9.68. The normalized spacial score (nSPS) is 9.38. The summed E-state index contributed by atoms with van der Waals surface area (Å²) in [6, 6.07) is 8.35. The van der Waals surface area contributed by atoms with Crippen molar-refractivity contribution in [3.63, 3.8) is 0 Å². The van der Waals surface area contributed by atoms with Gasteiger partial charge in [-0.05, 0) is 12.1 Å². The average molecular weight is 180 g/mol. The molecule has 0 atom stereocenters. The zero-order valence-corrected chi connectivity index (χ0v) is 6.88. The van der Waals surface area contributed by atoms with E-state index in [1.54, 1.807) is 30.3 Å². The van der Waals surface area contributed by atoms with Gasteiger partial charge in [-0.1, -0.05) is 18.2 Å². The van der Waals surface area contributed by atoms with Crippen LogP contribution in [0.5, 0.6) is 0 Å². The first-order valence-corrected chi connectivity index (χ1v) is 3.78. The largest absolute Gasteiger partial charge is 0.492 e. The van der Waals surface area contributed by atoms with Gasteiger partial charge in [0.2, 0.25) is 0 Å². The maximum absolute atomic E-state index is 11.1. The molecule has 0 unspecified atom stereocenters. The molecule has 0 bridgehead atoms. The van der Waals surface area contributed by atoms with E-state index in [2.05, 4.69) is 4.74 Å². The summed E-state index contributed by atoms with van der Waals surface area (Å²) in [6.45, 7) is -0.409. The van der Waals surface area contributed by atoms with E-state index < -0.39 is 19.6 Å². The first-order valence-electron chi connectivity index (χ1n) is 3.78. The number of rotatable bonds is 3. The first kappa shape index (κ1) is 9.76.